The number of aliphatic hydroxyl groups excluding tert-OH is 1. The highest BCUT2D eigenvalue weighted by atomic mass is 79.9. The van der Waals surface area contributed by atoms with Crippen LogP contribution in [0.1, 0.15) is 11.7 Å². The van der Waals surface area contributed by atoms with E-state index in [1.807, 2.05) is 0 Å². The van der Waals surface area contributed by atoms with Crippen LogP contribution in [0.15, 0.2) is 22.7 Å². The Kier molecular flexibility index (Phi) is 6.11. The Labute approximate surface area is 97.7 Å². The second-order valence-corrected chi connectivity index (χ2v) is 3.63. The number of aromatic hydroxyl groups is 1. The monoisotopic (exact) mass is 281 g/mol. The number of benzene rings is 1. The molecule has 0 aliphatic carbocycles. The van der Waals surface area contributed by atoms with E-state index in [0.29, 0.717) is 12.1 Å². The average molecular weight is 283 g/mol. The molecule has 1 aromatic rings. The van der Waals surface area contributed by atoms with Crippen molar-refractivity contribution in [3.63, 3.8) is 0 Å². The van der Waals surface area contributed by atoms with Crippen LogP contribution in [0.2, 0.25) is 0 Å². The Balaban J connectivity index is 0.00000169. The standard InChI is InChI=1S/C9H12BrNO2.ClH/c1-11-5-9(13)7-4-6(12)2-3-8(7)10;/h2-4,9,11-13H,5H2,1H3;1H/t9-;/m0./s1. The van der Waals surface area contributed by atoms with Crippen LogP contribution in [0.25, 0.3) is 0 Å². The van der Waals surface area contributed by atoms with Crippen molar-refractivity contribution < 1.29 is 10.2 Å². The van der Waals surface area contributed by atoms with Gasteiger partial charge in [0.05, 0.1) is 6.10 Å². The van der Waals surface area contributed by atoms with Gasteiger partial charge in [-0.1, -0.05) is 15.9 Å². The van der Waals surface area contributed by atoms with Gasteiger partial charge in [0.2, 0.25) is 0 Å². The third-order valence-corrected chi connectivity index (χ3v) is 2.46. The Morgan fingerprint density at radius 3 is 2.71 bits per heavy atom. The predicted molar refractivity (Wildman–Crippen MR) is 61.9 cm³/mol. The van der Waals surface area contributed by atoms with Gasteiger partial charge >= 0.3 is 0 Å². The van der Waals surface area contributed by atoms with Crippen molar-refractivity contribution in [1.29, 1.82) is 0 Å². The first kappa shape index (κ1) is 13.7. The number of aliphatic hydroxyl groups is 1. The van der Waals surface area contributed by atoms with E-state index >= 15 is 0 Å². The molecule has 0 heterocycles. The van der Waals surface area contributed by atoms with Crippen molar-refractivity contribution in [3.8, 4) is 5.75 Å². The zero-order valence-corrected chi connectivity index (χ0v) is 10.1. The molecule has 0 fully saturated rings. The molecule has 3 nitrogen and oxygen atoms in total. The molecule has 80 valence electrons. The molecule has 14 heavy (non-hydrogen) atoms. The third-order valence-electron chi connectivity index (χ3n) is 1.74. The van der Waals surface area contributed by atoms with Crippen molar-refractivity contribution in [2.75, 3.05) is 13.6 Å². The Morgan fingerprint density at radius 2 is 2.14 bits per heavy atom. The number of rotatable bonds is 3. The van der Waals surface area contributed by atoms with Crippen LogP contribution in [-0.2, 0) is 0 Å². The summed E-state index contributed by atoms with van der Waals surface area (Å²) in [4.78, 5) is 0. The average Bonchev–Trinajstić information content (AvgIpc) is 2.09. The zero-order chi connectivity index (χ0) is 9.84. The molecule has 3 N–H and O–H groups in total. The highest BCUT2D eigenvalue weighted by molar-refractivity contribution is 9.10. The zero-order valence-electron chi connectivity index (χ0n) is 7.70. The summed E-state index contributed by atoms with van der Waals surface area (Å²) >= 11 is 3.30. The van der Waals surface area contributed by atoms with Crippen LogP contribution in [0.5, 0.6) is 5.75 Å². The third kappa shape index (κ3) is 3.46. The molecule has 0 saturated carbocycles. The first-order valence-corrected chi connectivity index (χ1v) is 4.75. The number of halogens is 2. The molecule has 5 heteroatoms. The molecule has 0 unspecified atom stereocenters. The van der Waals surface area contributed by atoms with E-state index in [9.17, 15) is 10.2 Å². The van der Waals surface area contributed by atoms with Gasteiger partial charge in [0.1, 0.15) is 5.75 Å². The lowest BCUT2D eigenvalue weighted by Gasteiger charge is -2.12. The Bertz CT molecular complexity index is 296. The summed E-state index contributed by atoms with van der Waals surface area (Å²) in [5.74, 6) is 0.161. The maximum Gasteiger partial charge on any atom is 0.116 e. The smallest absolute Gasteiger partial charge is 0.116 e. The maximum atomic E-state index is 9.62. The number of phenolic OH excluding ortho intramolecular Hbond substituents is 1. The number of likely N-dealkylation sites (N-methyl/N-ethyl adjacent to an activating group) is 1. The molecule has 0 aliphatic heterocycles. The summed E-state index contributed by atoms with van der Waals surface area (Å²) in [6.45, 7) is 0.460. The molecule has 0 bridgehead atoms. The number of hydrogen-bond acceptors (Lipinski definition) is 3. The lowest BCUT2D eigenvalue weighted by atomic mass is 10.1. The summed E-state index contributed by atoms with van der Waals surface area (Å²) in [6, 6.07) is 4.83. The predicted octanol–water partition coefficient (Wildman–Crippen LogP) is 1.83. The van der Waals surface area contributed by atoms with Gasteiger partial charge in [-0.05, 0) is 30.8 Å². The minimum atomic E-state index is -0.605. The molecule has 1 atom stereocenters. The van der Waals surface area contributed by atoms with Gasteiger partial charge in [0.15, 0.2) is 0 Å². The maximum absolute atomic E-state index is 9.62. The van der Waals surface area contributed by atoms with Crippen LogP contribution in [-0.4, -0.2) is 23.8 Å². The van der Waals surface area contributed by atoms with Crippen LogP contribution in [0, 0.1) is 0 Å². The summed E-state index contributed by atoms with van der Waals surface area (Å²) in [5.41, 5.74) is 0.689. The molecule has 0 aliphatic rings. The fourth-order valence-electron chi connectivity index (χ4n) is 1.09. The molecular weight excluding hydrogens is 269 g/mol. The number of nitrogens with one attached hydrogen (secondary N) is 1. The van der Waals surface area contributed by atoms with Gasteiger partial charge in [-0.25, -0.2) is 0 Å². The highest BCUT2D eigenvalue weighted by Gasteiger charge is 2.10. The lowest BCUT2D eigenvalue weighted by Crippen LogP contribution is -2.16. The molecule has 0 aromatic heterocycles. The quantitative estimate of drug-likeness (QED) is 0.793. The normalized spacial score (nSPS) is 11.9. The fraction of sp³-hybridized carbons (Fsp3) is 0.333. The van der Waals surface area contributed by atoms with Gasteiger partial charge in [0.25, 0.3) is 0 Å². The first-order valence-electron chi connectivity index (χ1n) is 3.96. The van der Waals surface area contributed by atoms with Crippen LogP contribution in [0.3, 0.4) is 0 Å². The van der Waals surface area contributed by atoms with Gasteiger partial charge < -0.3 is 15.5 Å². The van der Waals surface area contributed by atoms with E-state index in [-0.39, 0.29) is 18.2 Å². The van der Waals surface area contributed by atoms with E-state index in [2.05, 4.69) is 21.2 Å². The second kappa shape index (κ2) is 6.24. The van der Waals surface area contributed by atoms with E-state index < -0.39 is 6.10 Å². The summed E-state index contributed by atoms with van der Waals surface area (Å²) in [5, 5.41) is 21.7. The van der Waals surface area contributed by atoms with Crippen molar-refractivity contribution >= 4 is 28.3 Å². The number of phenols is 1. The highest BCUT2D eigenvalue weighted by Crippen LogP contribution is 2.26. The van der Waals surface area contributed by atoms with Gasteiger partial charge in [-0.2, -0.15) is 0 Å². The van der Waals surface area contributed by atoms with Crippen LogP contribution < -0.4 is 5.32 Å². The first-order chi connectivity index (χ1) is 6.15. The van der Waals surface area contributed by atoms with Crippen LogP contribution >= 0.6 is 28.3 Å². The second-order valence-electron chi connectivity index (χ2n) is 2.78. The van der Waals surface area contributed by atoms with Gasteiger partial charge in [-0.3, -0.25) is 0 Å². The lowest BCUT2D eigenvalue weighted by molar-refractivity contribution is 0.176. The van der Waals surface area contributed by atoms with Gasteiger partial charge in [0, 0.05) is 11.0 Å². The van der Waals surface area contributed by atoms with Gasteiger partial charge in [-0.15, -0.1) is 12.4 Å². The van der Waals surface area contributed by atoms with E-state index in [1.165, 1.54) is 0 Å². The van der Waals surface area contributed by atoms with E-state index in [0.717, 1.165) is 4.47 Å². The summed E-state index contributed by atoms with van der Waals surface area (Å²) < 4.78 is 0.799. The van der Waals surface area contributed by atoms with Crippen LogP contribution in [0.4, 0.5) is 0 Å². The van der Waals surface area contributed by atoms with Crippen molar-refractivity contribution in [3.05, 3.63) is 28.2 Å². The van der Waals surface area contributed by atoms with Crippen molar-refractivity contribution in [2.24, 2.45) is 0 Å². The Hall–Kier alpha value is -0.290. The SMILES string of the molecule is CNC[C@H](O)c1cc(O)ccc1Br.Cl. The molecule has 0 radical (unpaired) electrons. The minimum Gasteiger partial charge on any atom is -0.508 e. The fourth-order valence-corrected chi connectivity index (χ4v) is 1.60. The molecular formula is C9H13BrClNO2. The molecule has 0 amide bonds. The molecule has 1 rings (SSSR count). The van der Waals surface area contributed by atoms with E-state index in [4.69, 9.17) is 0 Å². The summed E-state index contributed by atoms with van der Waals surface area (Å²) in [6.07, 6.45) is -0.605. The number of hydrogen-bond donors (Lipinski definition) is 3. The summed E-state index contributed by atoms with van der Waals surface area (Å²) in [7, 11) is 1.76. The largest absolute Gasteiger partial charge is 0.508 e. The Morgan fingerprint density at radius 1 is 1.50 bits per heavy atom. The molecule has 0 spiro atoms. The minimum absolute atomic E-state index is 0. The van der Waals surface area contributed by atoms with Crippen molar-refractivity contribution in [1.82, 2.24) is 5.32 Å². The van der Waals surface area contributed by atoms with Crippen molar-refractivity contribution in [2.45, 2.75) is 6.10 Å². The topological polar surface area (TPSA) is 52.5 Å². The van der Waals surface area contributed by atoms with E-state index in [1.54, 1.807) is 25.2 Å². The molecule has 1 aromatic carbocycles. The molecule has 0 saturated heterocycles.